The summed E-state index contributed by atoms with van der Waals surface area (Å²) in [5.74, 6) is -0.210. The molecular weight excluding hydrogens is 453 g/mol. The lowest BCUT2D eigenvalue weighted by Crippen LogP contribution is -2.43. The number of nitrogens with one attached hydrogen (secondary N) is 2. The molecule has 7 nitrogen and oxygen atoms in total. The van der Waals surface area contributed by atoms with Crippen molar-refractivity contribution in [1.82, 2.24) is 10.3 Å². The number of piperazine rings is 1. The average molecular weight is 482 g/mol. The van der Waals surface area contributed by atoms with Crippen LogP contribution in [0.4, 0.5) is 26.6 Å². The molecule has 1 fully saturated rings. The first-order valence-corrected chi connectivity index (χ1v) is 12.0. The lowest BCUT2D eigenvalue weighted by molar-refractivity contribution is -0.121. The Morgan fingerprint density at radius 1 is 1.15 bits per heavy atom. The molecule has 1 amide bonds. The van der Waals surface area contributed by atoms with Crippen molar-refractivity contribution in [2.24, 2.45) is 0 Å². The molecule has 1 aromatic heterocycles. The van der Waals surface area contributed by atoms with Crippen molar-refractivity contribution in [2.75, 3.05) is 48.3 Å². The molecule has 0 atom stereocenters. The monoisotopic (exact) mass is 481 g/mol. The Morgan fingerprint density at radius 3 is 2.56 bits per heavy atom. The standard InChI is InChI=1S/C14H12N2O2S.C11H16FN3/c1-14(2)10-5-3-4-6-11(10)16(12(14)18)13-15-9(7-17)8-19-13;1-13-10-8-9(12)2-3-11(10)15-6-4-14-5-7-15/h3-8H,1-2H3;2-3,8,13-14H,4-7H2,1H3. The highest BCUT2D eigenvalue weighted by Crippen LogP contribution is 2.45. The first-order chi connectivity index (χ1) is 16.4. The molecule has 3 heterocycles. The Kier molecular flexibility index (Phi) is 6.95. The number of hydrogen-bond acceptors (Lipinski definition) is 7. The van der Waals surface area contributed by atoms with Gasteiger partial charge in [0.2, 0.25) is 5.91 Å². The van der Waals surface area contributed by atoms with Crippen LogP contribution in [-0.4, -0.2) is 50.4 Å². The highest BCUT2D eigenvalue weighted by molar-refractivity contribution is 7.14. The van der Waals surface area contributed by atoms with Crippen LogP contribution in [0.2, 0.25) is 0 Å². The second-order valence-electron chi connectivity index (χ2n) is 8.60. The van der Waals surface area contributed by atoms with Gasteiger partial charge in [0.15, 0.2) is 11.4 Å². The quantitative estimate of drug-likeness (QED) is 0.544. The minimum atomic E-state index is -0.566. The molecule has 0 unspecified atom stereocenters. The number of thiazole rings is 1. The Morgan fingerprint density at radius 2 is 1.88 bits per heavy atom. The van der Waals surface area contributed by atoms with Crippen LogP contribution in [0.5, 0.6) is 0 Å². The van der Waals surface area contributed by atoms with Gasteiger partial charge in [0, 0.05) is 38.6 Å². The fourth-order valence-electron chi connectivity index (χ4n) is 4.21. The summed E-state index contributed by atoms with van der Waals surface area (Å²) in [4.78, 5) is 31.4. The molecule has 0 saturated carbocycles. The Labute approximate surface area is 202 Å². The number of anilines is 4. The molecule has 3 aromatic rings. The first-order valence-electron chi connectivity index (χ1n) is 11.1. The molecule has 5 rings (SSSR count). The van der Waals surface area contributed by atoms with E-state index >= 15 is 0 Å². The van der Waals surface area contributed by atoms with Crippen LogP contribution in [0.3, 0.4) is 0 Å². The predicted octanol–water partition coefficient (Wildman–Crippen LogP) is 4.19. The van der Waals surface area contributed by atoms with E-state index in [2.05, 4.69) is 20.5 Å². The fourth-order valence-corrected chi connectivity index (χ4v) is 4.99. The van der Waals surface area contributed by atoms with Gasteiger partial charge in [-0.3, -0.25) is 14.5 Å². The Balaban J connectivity index is 0.000000166. The maximum atomic E-state index is 13.0. The molecule has 1 saturated heterocycles. The van der Waals surface area contributed by atoms with Gasteiger partial charge >= 0.3 is 0 Å². The van der Waals surface area contributed by atoms with E-state index in [9.17, 15) is 14.0 Å². The van der Waals surface area contributed by atoms with Crippen molar-refractivity contribution in [3.8, 4) is 0 Å². The van der Waals surface area contributed by atoms with Crippen molar-refractivity contribution >= 4 is 45.7 Å². The third kappa shape index (κ3) is 4.53. The van der Waals surface area contributed by atoms with E-state index in [1.165, 1.54) is 23.5 Å². The van der Waals surface area contributed by atoms with E-state index in [1.54, 1.807) is 10.3 Å². The lowest BCUT2D eigenvalue weighted by Gasteiger charge is -2.31. The zero-order valence-corrected chi connectivity index (χ0v) is 20.3. The SMILES string of the molecule is CC1(C)C(=O)N(c2nc(C=O)cs2)c2ccccc21.CNc1cc(F)ccc1N1CCNCC1. The molecule has 2 aliphatic rings. The summed E-state index contributed by atoms with van der Waals surface area (Å²) in [5, 5.41) is 8.53. The number of aromatic nitrogens is 1. The molecule has 0 radical (unpaired) electrons. The number of rotatable bonds is 4. The van der Waals surface area contributed by atoms with Gasteiger partial charge in [-0.15, -0.1) is 11.3 Å². The molecule has 178 valence electrons. The number of carbonyl (C=O) groups is 2. The number of amides is 1. The largest absolute Gasteiger partial charge is 0.386 e. The second kappa shape index (κ2) is 9.90. The van der Waals surface area contributed by atoms with Crippen molar-refractivity contribution in [3.05, 3.63) is 64.9 Å². The second-order valence-corrected chi connectivity index (χ2v) is 9.44. The minimum Gasteiger partial charge on any atom is -0.386 e. The van der Waals surface area contributed by atoms with Gasteiger partial charge in [-0.05, 0) is 43.7 Å². The number of para-hydroxylation sites is 1. The van der Waals surface area contributed by atoms with Crippen LogP contribution >= 0.6 is 11.3 Å². The topological polar surface area (TPSA) is 77.6 Å². The minimum absolute atomic E-state index is 0.0134. The van der Waals surface area contributed by atoms with Gasteiger partial charge in [-0.1, -0.05) is 18.2 Å². The van der Waals surface area contributed by atoms with Crippen LogP contribution in [0.1, 0.15) is 29.9 Å². The van der Waals surface area contributed by atoms with Crippen LogP contribution in [0.25, 0.3) is 0 Å². The predicted molar refractivity (Wildman–Crippen MR) is 135 cm³/mol. The zero-order chi connectivity index (χ0) is 24.3. The van der Waals surface area contributed by atoms with Crippen molar-refractivity contribution in [3.63, 3.8) is 0 Å². The summed E-state index contributed by atoms with van der Waals surface area (Å²) in [6.07, 6.45) is 0.692. The molecule has 34 heavy (non-hydrogen) atoms. The van der Waals surface area contributed by atoms with E-state index in [0.717, 1.165) is 48.8 Å². The van der Waals surface area contributed by atoms with Crippen molar-refractivity contribution in [2.45, 2.75) is 19.3 Å². The van der Waals surface area contributed by atoms with Crippen LogP contribution in [0.15, 0.2) is 47.8 Å². The summed E-state index contributed by atoms with van der Waals surface area (Å²) >= 11 is 1.30. The van der Waals surface area contributed by atoms with Gasteiger partial charge in [0.1, 0.15) is 11.5 Å². The molecule has 2 aliphatic heterocycles. The molecule has 0 spiro atoms. The average Bonchev–Trinajstić information content (AvgIpc) is 3.41. The van der Waals surface area contributed by atoms with Crippen molar-refractivity contribution < 1.29 is 14.0 Å². The summed E-state index contributed by atoms with van der Waals surface area (Å²) in [6.45, 7) is 7.73. The third-order valence-corrected chi connectivity index (χ3v) is 6.91. The van der Waals surface area contributed by atoms with E-state index in [1.807, 2.05) is 51.2 Å². The summed E-state index contributed by atoms with van der Waals surface area (Å²) in [7, 11) is 1.82. The van der Waals surface area contributed by atoms with Crippen LogP contribution in [-0.2, 0) is 10.2 Å². The molecule has 2 N–H and O–H groups in total. The number of halogens is 1. The Bertz CT molecular complexity index is 1190. The Hall–Kier alpha value is -3.30. The number of carbonyl (C=O) groups excluding carboxylic acids is 2. The molecule has 9 heteroatoms. The van der Waals surface area contributed by atoms with Crippen molar-refractivity contribution in [1.29, 1.82) is 0 Å². The molecular formula is C25H28FN5O2S. The highest BCUT2D eigenvalue weighted by atomic mass is 32.1. The van der Waals surface area contributed by atoms with Gasteiger partial charge in [-0.25, -0.2) is 9.37 Å². The van der Waals surface area contributed by atoms with E-state index < -0.39 is 5.41 Å². The maximum absolute atomic E-state index is 13.0. The summed E-state index contributed by atoms with van der Waals surface area (Å²) in [5.41, 5.74) is 3.57. The number of aldehydes is 1. The molecule has 2 aromatic carbocycles. The number of fused-ring (bicyclic) bond motifs is 1. The number of hydrogen-bond donors (Lipinski definition) is 2. The molecule has 0 aliphatic carbocycles. The zero-order valence-electron chi connectivity index (χ0n) is 19.5. The van der Waals surface area contributed by atoms with Gasteiger partial charge < -0.3 is 15.5 Å². The van der Waals surface area contributed by atoms with Gasteiger partial charge in [0.05, 0.1) is 22.5 Å². The number of nitrogens with zero attached hydrogens (tertiary/aromatic N) is 3. The van der Waals surface area contributed by atoms with Crippen LogP contribution in [0, 0.1) is 5.82 Å². The first kappa shape index (κ1) is 23.8. The number of benzene rings is 2. The normalized spacial score (nSPS) is 16.5. The van der Waals surface area contributed by atoms with E-state index in [4.69, 9.17) is 0 Å². The maximum Gasteiger partial charge on any atom is 0.243 e. The van der Waals surface area contributed by atoms with Crippen LogP contribution < -0.4 is 20.4 Å². The van der Waals surface area contributed by atoms with Gasteiger partial charge in [0.25, 0.3) is 0 Å². The lowest BCUT2D eigenvalue weighted by atomic mass is 9.86. The van der Waals surface area contributed by atoms with E-state index in [0.29, 0.717) is 17.1 Å². The summed E-state index contributed by atoms with van der Waals surface area (Å²) in [6, 6.07) is 12.6. The summed E-state index contributed by atoms with van der Waals surface area (Å²) < 4.78 is 13.0. The smallest absolute Gasteiger partial charge is 0.243 e. The van der Waals surface area contributed by atoms with E-state index in [-0.39, 0.29) is 11.7 Å². The fraction of sp³-hybridized carbons (Fsp3) is 0.320. The highest BCUT2D eigenvalue weighted by Gasteiger charge is 2.45. The van der Waals surface area contributed by atoms with Gasteiger partial charge in [-0.2, -0.15) is 0 Å². The third-order valence-electron chi connectivity index (χ3n) is 6.06. The molecule has 0 bridgehead atoms.